The van der Waals surface area contributed by atoms with Gasteiger partial charge in [-0.05, 0) is 38.5 Å². The second-order valence-corrected chi connectivity index (χ2v) is 6.25. The van der Waals surface area contributed by atoms with Gasteiger partial charge in [-0.25, -0.2) is 0 Å². The summed E-state index contributed by atoms with van der Waals surface area (Å²) in [7, 11) is 0. The lowest BCUT2D eigenvalue weighted by Gasteiger charge is -2.20. The van der Waals surface area contributed by atoms with Gasteiger partial charge in [0.1, 0.15) is 0 Å². The van der Waals surface area contributed by atoms with Gasteiger partial charge in [0.05, 0.1) is 0 Å². The largest absolute Gasteiger partial charge is 0.352 e. The predicted molar refractivity (Wildman–Crippen MR) is 78.4 cm³/mol. The van der Waals surface area contributed by atoms with E-state index in [0.717, 1.165) is 10.0 Å². The molecular weight excluding hydrogens is 292 g/mol. The maximum atomic E-state index is 11.6. The zero-order valence-corrected chi connectivity index (χ0v) is 12.8. The SMILES string of the molecule is CC(C)(C)NCCC(=O)NCc1ccc(Br)cc1. The molecule has 1 amide bonds. The molecule has 0 heterocycles. The third kappa shape index (κ3) is 6.77. The summed E-state index contributed by atoms with van der Waals surface area (Å²) in [6.45, 7) is 7.56. The minimum Gasteiger partial charge on any atom is -0.352 e. The average molecular weight is 313 g/mol. The molecule has 0 bridgehead atoms. The molecule has 100 valence electrons. The standard InChI is InChI=1S/C14H21BrN2O/c1-14(2,3)17-9-8-13(18)16-10-11-4-6-12(15)7-5-11/h4-7,17H,8-10H2,1-3H3,(H,16,18). The molecule has 3 nitrogen and oxygen atoms in total. The van der Waals surface area contributed by atoms with Gasteiger partial charge < -0.3 is 10.6 Å². The number of carbonyl (C=O) groups is 1. The Labute approximate surface area is 117 Å². The van der Waals surface area contributed by atoms with Crippen molar-refractivity contribution in [2.24, 2.45) is 0 Å². The Morgan fingerprint density at radius 3 is 2.39 bits per heavy atom. The summed E-state index contributed by atoms with van der Waals surface area (Å²) in [5.41, 5.74) is 1.17. The zero-order chi connectivity index (χ0) is 13.6. The number of nitrogens with one attached hydrogen (secondary N) is 2. The van der Waals surface area contributed by atoms with Gasteiger partial charge in [0, 0.05) is 29.5 Å². The molecule has 0 saturated heterocycles. The van der Waals surface area contributed by atoms with Gasteiger partial charge in [-0.2, -0.15) is 0 Å². The third-order valence-electron chi connectivity index (χ3n) is 2.41. The molecule has 1 aromatic carbocycles. The minimum absolute atomic E-state index is 0.0615. The number of hydrogen-bond donors (Lipinski definition) is 2. The Bertz CT molecular complexity index is 382. The van der Waals surface area contributed by atoms with Crippen LogP contribution in [-0.4, -0.2) is 18.0 Å². The Kier molecular flexibility index (Phi) is 5.82. The van der Waals surface area contributed by atoms with Crippen molar-refractivity contribution < 1.29 is 4.79 Å². The van der Waals surface area contributed by atoms with E-state index in [-0.39, 0.29) is 11.4 Å². The fourth-order valence-electron chi connectivity index (χ4n) is 1.44. The van der Waals surface area contributed by atoms with Gasteiger partial charge in [0.15, 0.2) is 0 Å². The molecule has 0 aromatic heterocycles. The van der Waals surface area contributed by atoms with Gasteiger partial charge >= 0.3 is 0 Å². The second-order valence-electron chi connectivity index (χ2n) is 5.33. The molecule has 0 aliphatic carbocycles. The number of halogens is 1. The molecule has 0 fully saturated rings. The predicted octanol–water partition coefficient (Wildman–Crippen LogP) is 2.84. The third-order valence-corrected chi connectivity index (χ3v) is 2.94. The van der Waals surface area contributed by atoms with Crippen LogP contribution < -0.4 is 10.6 Å². The van der Waals surface area contributed by atoms with E-state index >= 15 is 0 Å². The van der Waals surface area contributed by atoms with Gasteiger partial charge in [-0.3, -0.25) is 4.79 Å². The van der Waals surface area contributed by atoms with Crippen molar-refractivity contribution in [1.82, 2.24) is 10.6 Å². The fourth-order valence-corrected chi connectivity index (χ4v) is 1.71. The molecule has 2 N–H and O–H groups in total. The van der Waals surface area contributed by atoms with Crippen LogP contribution in [0.5, 0.6) is 0 Å². The number of hydrogen-bond acceptors (Lipinski definition) is 2. The second kappa shape index (κ2) is 6.90. The monoisotopic (exact) mass is 312 g/mol. The highest BCUT2D eigenvalue weighted by atomic mass is 79.9. The molecule has 4 heteroatoms. The van der Waals surface area contributed by atoms with E-state index in [4.69, 9.17) is 0 Å². The number of benzene rings is 1. The van der Waals surface area contributed by atoms with E-state index in [1.807, 2.05) is 24.3 Å². The highest BCUT2D eigenvalue weighted by molar-refractivity contribution is 9.10. The molecule has 0 radical (unpaired) electrons. The lowest BCUT2D eigenvalue weighted by molar-refractivity contribution is -0.121. The first kappa shape index (κ1) is 15.2. The summed E-state index contributed by atoms with van der Waals surface area (Å²) in [5, 5.41) is 6.20. The van der Waals surface area contributed by atoms with Gasteiger partial charge in [0.2, 0.25) is 5.91 Å². The average Bonchev–Trinajstić information content (AvgIpc) is 2.26. The molecular formula is C14H21BrN2O. The molecule has 0 atom stereocenters. The summed E-state index contributed by atoms with van der Waals surface area (Å²) in [6, 6.07) is 7.95. The quantitative estimate of drug-likeness (QED) is 0.878. The molecule has 1 rings (SSSR count). The van der Waals surface area contributed by atoms with Crippen molar-refractivity contribution in [3.63, 3.8) is 0 Å². The van der Waals surface area contributed by atoms with Crippen molar-refractivity contribution in [3.8, 4) is 0 Å². The van der Waals surface area contributed by atoms with Crippen LogP contribution in [0, 0.1) is 0 Å². The highest BCUT2D eigenvalue weighted by Gasteiger charge is 2.09. The summed E-state index contributed by atoms with van der Waals surface area (Å²) in [4.78, 5) is 11.6. The fraction of sp³-hybridized carbons (Fsp3) is 0.500. The van der Waals surface area contributed by atoms with Crippen molar-refractivity contribution in [1.29, 1.82) is 0 Å². The van der Waals surface area contributed by atoms with Crippen LogP contribution >= 0.6 is 15.9 Å². The van der Waals surface area contributed by atoms with Crippen molar-refractivity contribution in [2.75, 3.05) is 6.54 Å². The van der Waals surface area contributed by atoms with E-state index in [1.165, 1.54) is 0 Å². The van der Waals surface area contributed by atoms with Crippen molar-refractivity contribution in [2.45, 2.75) is 39.3 Å². The lowest BCUT2D eigenvalue weighted by atomic mass is 10.1. The molecule has 1 aromatic rings. The Balaban J connectivity index is 2.23. The number of carbonyl (C=O) groups excluding carboxylic acids is 1. The van der Waals surface area contributed by atoms with E-state index in [0.29, 0.717) is 19.5 Å². The number of amides is 1. The van der Waals surface area contributed by atoms with Gasteiger partial charge in [-0.15, -0.1) is 0 Å². The highest BCUT2D eigenvalue weighted by Crippen LogP contribution is 2.10. The van der Waals surface area contributed by atoms with Crippen LogP contribution in [-0.2, 0) is 11.3 Å². The van der Waals surface area contributed by atoms with Crippen LogP contribution in [0.15, 0.2) is 28.7 Å². The molecule has 0 saturated carbocycles. The van der Waals surface area contributed by atoms with Crippen molar-refractivity contribution in [3.05, 3.63) is 34.3 Å². The zero-order valence-electron chi connectivity index (χ0n) is 11.2. The first-order chi connectivity index (χ1) is 8.37. The van der Waals surface area contributed by atoms with Gasteiger partial charge in [0.25, 0.3) is 0 Å². The Morgan fingerprint density at radius 2 is 1.83 bits per heavy atom. The van der Waals surface area contributed by atoms with E-state index in [1.54, 1.807) is 0 Å². The summed E-state index contributed by atoms with van der Waals surface area (Å²) in [6.07, 6.45) is 0.508. The molecule has 18 heavy (non-hydrogen) atoms. The maximum absolute atomic E-state index is 11.6. The first-order valence-electron chi connectivity index (χ1n) is 6.13. The van der Waals surface area contributed by atoms with E-state index < -0.39 is 0 Å². The Hall–Kier alpha value is -0.870. The maximum Gasteiger partial charge on any atom is 0.221 e. The van der Waals surface area contributed by atoms with E-state index in [2.05, 4.69) is 47.3 Å². The number of rotatable bonds is 5. The molecule has 0 spiro atoms. The van der Waals surface area contributed by atoms with E-state index in [9.17, 15) is 4.79 Å². The van der Waals surface area contributed by atoms with Gasteiger partial charge in [-0.1, -0.05) is 28.1 Å². The van der Waals surface area contributed by atoms with Crippen LogP contribution in [0.25, 0.3) is 0 Å². The molecule has 0 aliphatic rings. The summed E-state index contributed by atoms with van der Waals surface area (Å²) >= 11 is 3.38. The molecule has 0 aliphatic heterocycles. The first-order valence-corrected chi connectivity index (χ1v) is 6.92. The summed E-state index contributed by atoms with van der Waals surface area (Å²) < 4.78 is 1.05. The summed E-state index contributed by atoms with van der Waals surface area (Å²) in [5.74, 6) is 0.0784. The molecule has 0 unspecified atom stereocenters. The normalized spacial score (nSPS) is 11.3. The van der Waals surface area contributed by atoms with Crippen LogP contribution in [0.4, 0.5) is 0 Å². The van der Waals surface area contributed by atoms with Crippen molar-refractivity contribution >= 4 is 21.8 Å². The van der Waals surface area contributed by atoms with Crippen LogP contribution in [0.1, 0.15) is 32.8 Å². The van der Waals surface area contributed by atoms with Crippen LogP contribution in [0.2, 0.25) is 0 Å². The lowest BCUT2D eigenvalue weighted by Crippen LogP contribution is -2.38. The topological polar surface area (TPSA) is 41.1 Å². The smallest absolute Gasteiger partial charge is 0.221 e. The van der Waals surface area contributed by atoms with Crippen LogP contribution in [0.3, 0.4) is 0 Å². The Morgan fingerprint density at radius 1 is 1.22 bits per heavy atom. The minimum atomic E-state index is 0.0615.